The number of anilines is 1. The molecule has 0 spiro atoms. The molecule has 2 aliphatic rings. The second kappa shape index (κ2) is 5.02. The first-order chi connectivity index (χ1) is 8.81. The fraction of sp³-hybridized carbons (Fsp3) is 0.467. The highest BCUT2D eigenvalue weighted by Crippen LogP contribution is 2.32. The maximum atomic E-state index is 9.32. The van der Waals surface area contributed by atoms with Gasteiger partial charge in [-0.1, -0.05) is 37.5 Å². The van der Waals surface area contributed by atoms with E-state index in [0.29, 0.717) is 0 Å². The maximum absolute atomic E-state index is 9.32. The zero-order valence-electron chi connectivity index (χ0n) is 10.4. The van der Waals surface area contributed by atoms with E-state index in [1.165, 1.54) is 32.1 Å². The van der Waals surface area contributed by atoms with E-state index in [9.17, 15) is 5.11 Å². The van der Waals surface area contributed by atoms with Crippen LogP contribution in [0.25, 0.3) is 6.08 Å². The van der Waals surface area contributed by atoms with E-state index in [-0.39, 0.29) is 0 Å². The van der Waals surface area contributed by atoms with Crippen LogP contribution in [0.3, 0.4) is 0 Å². The summed E-state index contributed by atoms with van der Waals surface area (Å²) in [5.41, 5.74) is 1.99. The van der Waals surface area contributed by atoms with Crippen LogP contribution in [0, 0.1) is 5.92 Å². The fourth-order valence-electron chi connectivity index (χ4n) is 2.72. The predicted molar refractivity (Wildman–Crippen MR) is 72.3 cm³/mol. The highest BCUT2D eigenvalue weighted by Gasteiger charge is 2.18. The molecule has 3 heteroatoms. The molecule has 0 aromatic heterocycles. The molecule has 3 nitrogen and oxygen atoms in total. The second-order valence-corrected chi connectivity index (χ2v) is 5.13. The number of aliphatic hydroxyl groups is 1. The molecule has 96 valence electrons. The monoisotopic (exact) mass is 245 g/mol. The summed E-state index contributed by atoms with van der Waals surface area (Å²) in [4.78, 5) is 0. The summed E-state index contributed by atoms with van der Waals surface area (Å²) >= 11 is 0. The van der Waals surface area contributed by atoms with Crippen molar-refractivity contribution in [3.8, 4) is 5.75 Å². The lowest BCUT2D eigenvalue weighted by molar-refractivity contribution is 0.0211. The first-order valence-electron chi connectivity index (χ1n) is 6.75. The molecule has 0 saturated heterocycles. The van der Waals surface area contributed by atoms with Crippen molar-refractivity contribution < 1.29 is 9.84 Å². The Labute approximate surface area is 107 Å². The molecule has 18 heavy (non-hydrogen) atoms. The van der Waals surface area contributed by atoms with Gasteiger partial charge in [-0.25, -0.2) is 0 Å². The molecule has 0 bridgehead atoms. The molecular formula is C15H19NO2. The Balaban J connectivity index is 1.69. The van der Waals surface area contributed by atoms with Crippen molar-refractivity contribution in [1.82, 2.24) is 0 Å². The van der Waals surface area contributed by atoms with E-state index in [1.54, 1.807) is 0 Å². The van der Waals surface area contributed by atoms with Gasteiger partial charge in [0.15, 0.2) is 0 Å². The number of nitrogens with one attached hydrogen (secondary N) is 1. The van der Waals surface area contributed by atoms with Crippen LogP contribution in [0.4, 0.5) is 5.69 Å². The minimum atomic E-state index is -0.905. The Morgan fingerprint density at radius 2 is 2.06 bits per heavy atom. The molecule has 1 fully saturated rings. The molecule has 3 rings (SSSR count). The van der Waals surface area contributed by atoms with Crippen LogP contribution in [0.15, 0.2) is 24.3 Å². The minimum absolute atomic E-state index is 0.730. The van der Waals surface area contributed by atoms with E-state index in [0.717, 1.165) is 22.9 Å². The minimum Gasteiger partial charge on any atom is -0.445 e. The summed E-state index contributed by atoms with van der Waals surface area (Å²) in [6.07, 6.45) is 10.3. The molecule has 2 N–H and O–H groups in total. The zero-order valence-corrected chi connectivity index (χ0v) is 10.4. The predicted octanol–water partition coefficient (Wildman–Crippen LogP) is 3.36. The summed E-state index contributed by atoms with van der Waals surface area (Å²) in [6, 6.07) is 5.97. The first-order valence-corrected chi connectivity index (χ1v) is 6.75. The molecule has 1 aromatic rings. The van der Waals surface area contributed by atoms with Gasteiger partial charge in [-0.05, 0) is 36.5 Å². The Morgan fingerprint density at radius 3 is 2.89 bits per heavy atom. The van der Waals surface area contributed by atoms with Gasteiger partial charge in [-0.3, -0.25) is 0 Å². The Morgan fingerprint density at radius 1 is 1.22 bits per heavy atom. The summed E-state index contributed by atoms with van der Waals surface area (Å²) in [5.74, 6) is 1.46. The third-order valence-corrected chi connectivity index (χ3v) is 3.73. The number of hydrogen-bond donors (Lipinski definition) is 2. The summed E-state index contributed by atoms with van der Waals surface area (Å²) in [6.45, 7) is 0. The van der Waals surface area contributed by atoms with Crippen LogP contribution >= 0.6 is 0 Å². The van der Waals surface area contributed by atoms with Crippen LogP contribution in [-0.2, 0) is 0 Å². The lowest BCUT2D eigenvalue weighted by Gasteiger charge is -2.17. The number of benzene rings is 1. The van der Waals surface area contributed by atoms with Gasteiger partial charge < -0.3 is 15.2 Å². The van der Waals surface area contributed by atoms with Crippen LogP contribution in [-0.4, -0.2) is 11.5 Å². The highest BCUT2D eigenvalue weighted by atomic mass is 16.6. The second-order valence-electron chi connectivity index (χ2n) is 5.13. The molecule has 1 saturated carbocycles. The Kier molecular flexibility index (Phi) is 3.24. The van der Waals surface area contributed by atoms with E-state index in [1.807, 2.05) is 18.2 Å². The van der Waals surface area contributed by atoms with Crippen molar-refractivity contribution in [1.29, 1.82) is 0 Å². The van der Waals surface area contributed by atoms with E-state index in [2.05, 4.69) is 17.5 Å². The van der Waals surface area contributed by atoms with E-state index >= 15 is 0 Å². The summed E-state index contributed by atoms with van der Waals surface area (Å²) < 4.78 is 5.25. The molecule has 1 atom stereocenters. The fourth-order valence-corrected chi connectivity index (χ4v) is 2.72. The number of ether oxygens (including phenoxy) is 1. The van der Waals surface area contributed by atoms with Gasteiger partial charge in [0.1, 0.15) is 5.75 Å². The molecule has 1 aliphatic heterocycles. The lowest BCUT2D eigenvalue weighted by atomic mass is 9.89. The summed E-state index contributed by atoms with van der Waals surface area (Å²) in [7, 11) is 0. The Bertz CT molecular complexity index is 450. The number of allylic oxidation sites excluding steroid dienone is 1. The number of aliphatic hydroxyl groups excluding tert-OH is 1. The highest BCUT2D eigenvalue weighted by molar-refractivity contribution is 5.65. The third-order valence-electron chi connectivity index (χ3n) is 3.73. The SMILES string of the molecule is OC1Nc2ccc(C=CC3CCCCC3)cc2O1. The molecule has 1 heterocycles. The van der Waals surface area contributed by atoms with Crippen LogP contribution in [0.5, 0.6) is 5.75 Å². The van der Waals surface area contributed by atoms with E-state index < -0.39 is 6.41 Å². The number of fused-ring (bicyclic) bond motifs is 1. The van der Waals surface area contributed by atoms with Crippen LogP contribution < -0.4 is 10.1 Å². The molecule has 0 amide bonds. The summed E-state index contributed by atoms with van der Waals surface area (Å²) in [5, 5.41) is 12.2. The van der Waals surface area contributed by atoms with Crippen LogP contribution in [0.1, 0.15) is 37.7 Å². The van der Waals surface area contributed by atoms with Gasteiger partial charge in [-0.2, -0.15) is 0 Å². The van der Waals surface area contributed by atoms with Crippen molar-refractivity contribution in [2.75, 3.05) is 5.32 Å². The van der Waals surface area contributed by atoms with Gasteiger partial charge in [-0.15, -0.1) is 0 Å². The van der Waals surface area contributed by atoms with Crippen molar-refractivity contribution in [2.24, 2.45) is 5.92 Å². The largest absolute Gasteiger partial charge is 0.445 e. The zero-order chi connectivity index (χ0) is 12.4. The van der Waals surface area contributed by atoms with Gasteiger partial charge >= 0.3 is 0 Å². The maximum Gasteiger partial charge on any atom is 0.279 e. The smallest absolute Gasteiger partial charge is 0.279 e. The van der Waals surface area contributed by atoms with Crippen LogP contribution in [0.2, 0.25) is 0 Å². The molecule has 1 aliphatic carbocycles. The lowest BCUT2D eigenvalue weighted by Crippen LogP contribution is -2.17. The van der Waals surface area contributed by atoms with Gasteiger partial charge in [0.25, 0.3) is 6.41 Å². The molecule has 0 radical (unpaired) electrons. The topological polar surface area (TPSA) is 41.5 Å². The average molecular weight is 245 g/mol. The van der Waals surface area contributed by atoms with Crippen molar-refractivity contribution >= 4 is 11.8 Å². The van der Waals surface area contributed by atoms with Gasteiger partial charge in [0, 0.05) is 0 Å². The molecular weight excluding hydrogens is 226 g/mol. The normalized spacial score (nSPS) is 23.7. The van der Waals surface area contributed by atoms with E-state index in [4.69, 9.17) is 4.74 Å². The van der Waals surface area contributed by atoms with Gasteiger partial charge in [0.05, 0.1) is 5.69 Å². The average Bonchev–Trinajstić information content (AvgIpc) is 2.77. The molecule has 1 aromatic carbocycles. The standard InChI is InChI=1S/C15H19NO2/c17-15-16-13-9-8-12(10-14(13)18-15)7-6-11-4-2-1-3-5-11/h6-11,15-17H,1-5H2. The molecule has 1 unspecified atom stereocenters. The first kappa shape index (κ1) is 11.6. The van der Waals surface area contributed by atoms with Crippen molar-refractivity contribution in [3.05, 3.63) is 29.8 Å². The number of hydrogen-bond acceptors (Lipinski definition) is 3. The van der Waals surface area contributed by atoms with Gasteiger partial charge in [0.2, 0.25) is 0 Å². The third kappa shape index (κ3) is 2.51. The van der Waals surface area contributed by atoms with Crippen molar-refractivity contribution in [2.45, 2.75) is 38.5 Å². The quantitative estimate of drug-likeness (QED) is 0.839. The Hall–Kier alpha value is -1.48. The number of rotatable bonds is 2. The van der Waals surface area contributed by atoms with Crippen molar-refractivity contribution in [3.63, 3.8) is 0 Å².